The number of piperazine rings is 1. The van der Waals surface area contributed by atoms with Gasteiger partial charge in [0.25, 0.3) is 5.91 Å². The van der Waals surface area contributed by atoms with E-state index in [1.807, 2.05) is 41.3 Å². The molecule has 0 saturated carbocycles. The number of nitrogens with zero attached hydrogens (tertiary/aromatic N) is 1. The lowest BCUT2D eigenvalue weighted by Crippen LogP contribution is -2.46. The van der Waals surface area contributed by atoms with Gasteiger partial charge in [-0.25, -0.2) is 0 Å². The third kappa shape index (κ3) is 3.87. The summed E-state index contributed by atoms with van der Waals surface area (Å²) < 4.78 is 0. The van der Waals surface area contributed by atoms with E-state index < -0.39 is 0 Å². The smallest absolute Gasteiger partial charge is 0.254 e. The van der Waals surface area contributed by atoms with Gasteiger partial charge in [0.15, 0.2) is 0 Å². The van der Waals surface area contributed by atoms with E-state index in [1.54, 1.807) is 0 Å². The second-order valence-electron chi connectivity index (χ2n) is 5.36. The van der Waals surface area contributed by atoms with E-state index in [-0.39, 0.29) is 18.3 Å². The van der Waals surface area contributed by atoms with Crippen LogP contribution in [0.1, 0.15) is 21.5 Å². The summed E-state index contributed by atoms with van der Waals surface area (Å²) in [5, 5.41) is 3.28. The fourth-order valence-corrected chi connectivity index (χ4v) is 2.74. The highest BCUT2D eigenvalue weighted by Gasteiger charge is 2.20. The summed E-state index contributed by atoms with van der Waals surface area (Å²) in [4.78, 5) is 14.7. The molecule has 0 bridgehead atoms. The van der Waals surface area contributed by atoms with Crippen LogP contribution in [0.3, 0.4) is 0 Å². The number of hydrogen-bond acceptors (Lipinski definition) is 2. The van der Waals surface area contributed by atoms with Gasteiger partial charge in [-0.2, -0.15) is 0 Å². The van der Waals surface area contributed by atoms with Crippen molar-refractivity contribution >= 4 is 18.3 Å². The van der Waals surface area contributed by atoms with Crippen molar-refractivity contribution in [3.05, 3.63) is 71.3 Å². The molecule has 0 atom stereocenters. The van der Waals surface area contributed by atoms with E-state index in [1.165, 1.54) is 5.56 Å². The fraction of sp³-hybridized carbons (Fsp3) is 0.278. The van der Waals surface area contributed by atoms with Gasteiger partial charge in [0.1, 0.15) is 0 Å². The first-order valence-corrected chi connectivity index (χ1v) is 7.46. The quantitative estimate of drug-likeness (QED) is 0.944. The standard InChI is InChI=1S/C18H20N2O.ClH/c21-18(20-12-10-19-11-13-20)17-9-5-4-8-16(17)14-15-6-2-1-3-7-15;/h1-9,19H,10-14H2;1H. The van der Waals surface area contributed by atoms with Crippen molar-refractivity contribution in [3.63, 3.8) is 0 Å². The van der Waals surface area contributed by atoms with Gasteiger partial charge in [0.05, 0.1) is 0 Å². The van der Waals surface area contributed by atoms with Crippen LogP contribution >= 0.6 is 12.4 Å². The number of nitrogens with one attached hydrogen (secondary N) is 1. The zero-order chi connectivity index (χ0) is 14.5. The maximum atomic E-state index is 12.7. The molecule has 22 heavy (non-hydrogen) atoms. The van der Waals surface area contributed by atoms with E-state index in [0.717, 1.165) is 43.7 Å². The van der Waals surface area contributed by atoms with Gasteiger partial charge in [-0.15, -0.1) is 12.4 Å². The third-order valence-corrected chi connectivity index (χ3v) is 3.89. The maximum absolute atomic E-state index is 12.7. The van der Waals surface area contributed by atoms with Gasteiger partial charge in [-0.3, -0.25) is 4.79 Å². The number of hydrogen-bond donors (Lipinski definition) is 1. The predicted molar refractivity (Wildman–Crippen MR) is 91.7 cm³/mol. The van der Waals surface area contributed by atoms with Crippen LogP contribution in [-0.4, -0.2) is 37.0 Å². The molecular formula is C18H21ClN2O. The van der Waals surface area contributed by atoms with Crippen molar-refractivity contribution in [1.29, 1.82) is 0 Å². The lowest BCUT2D eigenvalue weighted by atomic mass is 9.99. The summed E-state index contributed by atoms with van der Waals surface area (Å²) in [7, 11) is 0. The lowest BCUT2D eigenvalue weighted by Gasteiger charge is -2.28. The second-order valence-corrected chi connectivity index (χ2v) is 5.36. The molecule has 0 unspecified atom stereocenters. The molecular weight excluding hydrogens is 296 g/mol. The highest BCUT2D eigenvalue weighted by atomic mass is 35.5. The Labute approximate surface area is 137 Å². The van der Waals surface area contributed by atoms with Crippen LogP contribution in [0.4, 0.5) is 0 Å². The van der Waals surface area contributed by atoms with E-state index in [0.29, 0.717) is 0 Å². The monoisotopic (exact) mass is 316 g/mol. The Morgan fingerprint density at radius 3 is 2.32 bits per heavy atom. The summed E-state index contributed by atoms with van der Waals surface area (Å²) in [6.45, 7) is 3.34. The molecule has 3 nitrogen and oxygen atoms in total. The first-order valence-electron chi connectivity index (χ1n) is 7.46. The molecule has 116 valence electrons. The molecule has 1 aliphatic heterocycles. The van der Waals surface area contributed by atoms with Gasteiger partial charge in [0, 0.05) is 31.7 Å². The van der Waals surface area contributed by atoms with Crippen LogP contribution in [0.25, 0.3) is 0 Å². The van der Waals surface area contributed by atoms with Crippen molar-refractivity contribution in [2.75, 3.05) is 26.2 Å². The van der Waals surface area contributed by atoms with Crippen molar-refractivity contribution in [2.45, 2.75) is 6.42 Å². The van der Waals surface area contributed by atoms with Crippen LogP contribution < -0.4 is 5.32 Å². The average Bonchev–Trinajstić information content (AvgIpc) is 2.56. The zero-order valence-electron chi connectivity index (χ0n) is 12.5. The summed E-state index contributed by atoms with van der Waals surface area (Å²) in [5.74, 6) is 0.156. The molecule has 0 aliphatic carbocycles. The van der Waals surface area contributed by atoms with Gasteiger partial charge in [0.2, 0.25) is 0 Å². The van der Waals surface area contributed by atoms with E-state index in [2.05, 4.69) is 23.5 Å². The zero-order valence-corrected chi connectivity index (χ0v) is 13.3. The highest BCUT2D eigenvalue weighted by Crippen LogP contribution is 2.16. The normalized spacial score (nSPS) is 14.3. The number of halogens is 1. The first kappa shape index (κ1) is 16.5. The molecule has 1 heterocycles. The number of carbonyl (C=O) groups is 1. The minimum absolute atomic E-state index is 0. The molecule has 1 aliphatic rings. The highest BCUT2D eigenvalue weighted by molar-refractivity contribution is 5.95. The minimum Gasteiger partial charge on any atom is -0.336 e. The molecule has 3 rings (SSSR count). The van der Waals surface area contributed by atoms with Gasteiger partial charge < -0.3 is 10.2 Å². The molecule has 1 amide bonds. The van der Waals surface area contributed by atoms with Crippen LogP contribution in [0.5, 0.6) is 0 Å². The molecule has 0 radical (unpaired) electrons. The molecule has 2 aromatic carbocycles. The molecule has 1 fully saturated rings. The number of amides is 1. The van der Waals surface area contributed by atoms with E-state index in [9.17, 15) is 4.79 Å². The van der Waals surface area contributed by atoms with Crippen molar-refractivity contribution in [3.8, 4) is 0 Å². The molecule has 1 saturated heterocycles. The summed E-state index contributed by atoms with van der Waals surface area (Å²) >= 11 is 0. The third-order valence-electron chi connectivity index (χ3n) is 3.89. The Morgan fingerprint density at radius 1 is 0.955 bits per heavy atom. The minimum atomic E-state index is 0. The maximum Gasteiger partial charge on any atom is 0.254 e. The van der Waals surface area contributed by atoms with Gasteiger partial charge in [-0.1, -0.05) is 48.5 Å². The Bertz CT molecular complexity index is 609. The Morgan fingerprint density at radius 2 is 1.59 bits per heavy atom. The first-order chi connectivity index (χ1) is 10.3. The predicted octanol–water partition coefficient (Wildman–Crippen LogP) is 2.74. The molecule has 0 aromatic heterocycles. The Balaban J connectivity index is 0.00000176. The summed E-state index contributed by atoms with van der Waals surface area (Å²) in [5.41, 5.74) is 3.17. The van der Waals surface area contributed by atoms with Crippen molar-refractivity contribution < 1.29 is 4.79 Å². The SMILES string of the molecule is Cl.O=C(c1ccccc1Cc1ccccc1)N1CCNCC1. The molecule has 0 spiro atoms. The topological polar surface area (TPSA) is 32.3 Å². The molecule has 1 N–H and O–H groups in total. The Kier molecular flexibility index (Phi) is 5.99. The van der Waals surface area contributed by atoms with E-state index in [4.69, 9.17) is 0 Å². The Hall–Kier alpha value is -1.84. The van der Waals surface area contributed by atoms with Crippen molar-refractivity contribution in [2.24, 2.45) is 0 Å². The number of benzene rings is 2. The molecule has 2 aromatic rings. The average molecular weight is 317 g/mol. The van der Waals surface area contributed by atoms with Gasteiger partial charge in [-0.05, 0) is 23.6 Å². The summed E-state index contributed by atoms with van der Waals surface area (Å²) in [6.07, 6.45) is 0.800. The van der Waals surface area contributed by atoms with Crippen LogP contribution in [0.2, 0.25) is 0 Å². The van der Waals surface area contributed by atoms with E-state index >= 15 is 0 Å². The lowest BCUT2D eigenvalue weighted by molar-refractivity contribution is 0.0735. The van der Waals surface area contributed by atoms with Gasteiger partial charge >= 0.3 is 0 Å². The number of carbonyl (C=O) groups excluding carboxylic acids is 1. The second kappa shape index (κ2) is 7.97. The van der Waals surface area contributed by atoms with Crippen molar-refractivity contribution in [1.82, 2.24) is 10.2 Å². The largest absolute Gasteiger partial charge is 0.336 e. The molecule has 4 heteroatoms. The number of rotatable bonds is 3. The van der Waals surface area contributed by atoms with Crippen LogP contribution in [0.15, 0.2) is 54.6 Å². The fourth-order valence-electron chi connectivity index (χ4n) is 2.74. The summed E-state index contributed by atoms with van der Waals surface area (Å²) in [6, 6.07) is 18.3. The van der Waals surface area contributed by atoms with Crippen LogP contribution in [0, 0.1) is 0 Å². The van der Waals surface area contributed by atoms with Crippen LogP contribution in [-0.2, 0) is 6.42 Å².